The highest BCUT2D eigenvalue weighted by molar-refractivity contribution is 4.87. The summed E-state index contributed by atoms with van der Waals surface area (Å²) in [6.07, 6.45) is 2.15. The van der Waals surface area contributed by atoms with Gasteiger partial charge in [-0.1, -0.05) is 0 Å². The summed E-state index contributed by atoms with van der Waals surface area (Å²) >= 11 is 0. The summed E-state index contributed by atoms with van der Waals surface area (Å²) < 4.78 is 11.0. The normalized spacial score (nSPS) is 37.5. The van der Waals surface area contributed by atoms with Crippen molar-refractivity contribution in [2.75, 3.05) is 46.1 Å². The first-order valence-electron chi connectivity index (χ1n) is 6.26. The molecule has 2 rings (SSSR count). The Bertz CT molecular complexity index is 216. The van der Waals surface area contributed by atoms with Crippen LogP contribution in [0.1, 0.15) is 19.8 Å². The summed E-state index contributed by atoms with van der Waals surface area (Å²) in [5.74, 6) is 0. The molecule has 0 radical (unpaired) electrons. The van der Waals surface area contributed by atoms with E-state index in [2.05, 4.69) is 11.8 Å². The Balaban J connectivity index is 1.93. The van der Waals surface area contributed by atoms with Crippen molar-refractivity contribution in [2.24, 2.45) is 5.41 Å². The third-order valence-electron chi connectivity index (χ3n) is 3.78. The van der Waals surface area contributed by atoms with E-state index in [0.717, 1.165) is 45.8 Å². The Morgan fingerprint density at radius 2 is 2.25 bits per heavy atom. The van der Waals surface area contributed by atoms with Gasteiger partial charge in [0.05, 0.1) is 26.4 Å². The molecule has 2 aliphatic heterocycles. The molecule has 2 saturated heterocycles. The van der Waals surface area contributed by atoms with Crippen LogP contribution in [-0.4, -0.2) is 62.2 Å². The molecule has 2 heterocycles. The van der Waals surface area contributed by atoms with Crippen molar-refractivity contribution in [1.82, 2.24) is 4.90 Å². The van der Waals surface area contributed by atoms with Gasteiger partial charge >= 0.3 is 0 Å². The summed E-state index contributed by atoms with van der Waals surface area (Å²) in [4.78, 5) is 2.42. The molecule has 2 aliphatic rings. The van der Waals surface area contributed by atoms with Gasteiger partial charge in [0.25, 0.3) is 0 Å². The lowest BCUT2D eigenvalue weighted by Crippen LogP contribution is -2.52. The van der Waals surface area contributed by atoms with E-state index >= 15 is 0 Å². The van der Waals surface area contributed by atoms with E-state index in [9.17, 15) is 5.11 Å². The number of aliphatic hydroxyl groups excluding tert-OH is 1. The third-order valence-corrected chi connectivity index (χ3v) is 3.78. The molecule has 2 unspecified atom stereocenters. The monoisotopic (exact) mass is 229 g/mol. The maximum atomic E-state index is 9.62. The van der Waals surface area contributed by atoms with Crippen LogP contribution in [0.25, 0.3) is 0 Å². The average molecular weight is 229 g/mol. The van der Waals surface area contributed by atoms with Gasteiger partial charge in [0.1, 0.15) is 0 Å². The number of aliphatic hydroxyl groups is 1. The minimum Gasteiger partial charge on any atom is -0.396 e. The van der Waals surface area contributed by atoms with Gasteiger partial charge in [-0.25, -0.2) is 0 Å². The van der Waals surface area contributed by atoms with Crippen molar-refractivity contribution in [3.05, 3.63) is 0 Å². The molecule has 0 aliphatic carbocycles. The van der Waals surface area contributed by atoms with Gasteiger partial charge in [0.15, 0.2) is 0 Å². The van der Waals surface area contributed by atoms with Crippen molar-refractivity contribution < 1.29 is 14.6 Å². The molecule has 1 N–H and O–H groups in total. The molecule has 2 atom stereocenters. The number of nitrogens with zero attached hydrogens (tertiary/aromatic N) is 1. The molecule has 0 spiro atoms. The lowest BCUT2D eigenvalue weighted by Gasteiger charge is -2.43. The van der Waals surface area contributed by atoms with E-state index in [1.165, 1.54) is 0 Å². The van der Waals surface area contributed by atoms with Gasteiger partial charge in [-0.15, -0.1) is 0 Å². The molecule has 0 bridgehead atoms. The fourth-order valence-electron chi connectivity index (χ4n) is 2.64. The molecule has 4 heteroatoms. The Hall–Kier alpha value is -0.160. The van der Waals surface area contributed by atoms with Crippen LogP contribution in [0, 0.1) is 5.41 Å². The fourth-order valence-corrected chi connectivity index (χ4v) is 2.64. The molecule has 4 nitrogen and oxygen atoms in total. The van der Waals surface area contributed by atoms with Crippen LogP contribution < -0.4 is 0 Å². The summed E-state index contributed by atoms with van der Waals surface area (Å²) in [5.41, 5.74) is -0.0378. The summed E-state index contributed by atoms with van der Waals surface area (Å²) in [6, 6.07) is 0.458. The van der Waals surface area contributed by atoms with Crippen LogP contribution in [0.15, 0.2) is 0 Å². The van der Waals surface area contributed by atoms with Crippen LogP contribution in [0.4, 0.5) is 0 Å². The predicted molar refractivity (Wildman–Crippen MR) is 61.4 cm³/mol. The van der Waals surface area contributed by atoms with Crippen molar-refractivity contribution in [2.45, 2.75) is 25.8 Å². The van der Waals surface area contributed by atoms with Gasteiger partial charge in [-0.3, -0.25) is 4.90 Å². The van der Waals surface area contributed by atoms with Crippen LogP contribution in [-0.2, 0) is 9.47 Å². The molecule has 0 amide bonds. The second-order valence-corrected chi connectivity index (χ2v) is 5.21. The quantitative estimate of drug-likeness (QED) is 0.765. The molecule has 0 aromatic heterocycles. The number of morpholine rings is 1. The Morgan fingerprint density at radius 1 is 1.38 bits per heavy atom. The summed E-state index contributed by atoms with van der Waals surface area (Å²) in [5, 5.41) is 9.62. The molecule has 0 aromatic carbocycles. The Morgan fingerprint density at radius 3 is 2.88 bits per heavy atom. The predicted octanol–water partition coefficient (Wildman–Crippen LogP) is 0.496. The van der Waals surface area contributed by atoms with Gasteiger partial charge in [-0.2, -0.15) is 0 Å². The first kappa shape index (κ1) is 12.3. The maximum absolute atomic E-state index is 9.62. The maximum Gasteiger partial charge on any atom is 0.0619 e. The molecule has 2 fully saturated rings. The molecule has 0 aromatic rings. The van der Waals surface area contributed by atoms with Crippen molar-refractivity contribution in [1.29, 1.82) is 0 Å². The molecule has 94 valence electrons. The standard InChI is InChI=1S/C12H23NO3/c1-11-7-15-6-4-13(11)8-12(9-14)3-2-5-16-10-12/h11,14H,2-10H2,1H3. The van der Waals surface area contributed by atoms with Crippen molar-refractivity contribution in [3.63, 3.8) is 0 Å². The minimum atomic E-state index is -0.0378. The van der Waals surface area contributed by atoms with Gasteiger partial charge in [0.2, 0.25) is 0 Å². The van der Waals surface area contributed by atoms with E-state index in [1.54, 1.807) is 0 Å². The summed E-state index contributed by atoms with van der Waals surface area (Å²) in [7, 11) is 0. The average Bonchev–Trinajstić information content (AvgIpc) is 2.33. The van der Waals surface area contributed by atoms with Gasteiger partial charge in [0, 0.05) is 31.2 Å². The first-order valence-corrected chi connectivity index (χ1v) is 6.26. The van der Waals surface area contributed by atoms with E-state index in [4.69, 9.17) is 9.47 Å². The third kappa shape index (κ3) is 2.74. The van der Waals surface area contributed by atoms with Crippen LogP contribution in [0.2, 0.25) is 0 Å². The number of hydrogen-bond donors (Lipinski definition) is 1. The van der Waals surface area contributed by atoms with Crippen LogP contribution in [0.5, 0.6) is 0 Å². The van der Waals surface area contributed by atoms with Gasteiger partial charge in [-0.05, 0) is 19.8 Å². The summed E-state index contributed by atoms with van der Waals surface area (Å²) in [6.45, 7) is 7.50. The first-order chi connectivity index (χ1) is 7.76. The van der Waals surface area contributed by atoms with E-state index in [-0.39, 0.29) is 12.0 Å². The SMILES string of the molecule is CC1COCCN1CC1(CO)CCCOC1. The van der Waals surface area contributed by atoms with E-state index in [0.29, 0.717) is 12.6 Å². The highest BCUT2D eigenvalue weighted by Gasteiger charge is 2.36. The van der Waals surface area contributed by atoms with Gasteiger partial charge < -0.3 is 14.6 Å². The number of rotatable bonds is 3. The zero-order valence-corrected chi connectivity index (χ0v) is 10.2. The van der Waals surface area contributed by atoms with Crippen molar-refractivity contribution in [3.8, 4) is 0 Å². The molecule has 16 heavy (non-hydrogen) atoms. The smallest absolute Gasteiger partial charge is 0.0619 e. The Labute approximate surface area is 97.5 Å². The highest BCUT2D eigenvalue weighted by Crippen LogP contribution is 2.30. The topological polar surface area (TPSA) is 41.9 Å². The minimum absolute atomic E-state index is 0.0378. The van der Waals surface area contributed by atoms with E-state index in [1.807, 2.05) is 0 Å². The molecular formula is C12H23NO3. The zero-order chi connectivity index (χ0) is 11.4. The molecular weight excluding hydrogens is 206 g/mol. The Kier molecular flexibility index (Phi) is 4.19. The second kappa shape index (κ2) is 5.45. The lowest BCUT2D eigenvalue weighted by molar-refractivity contribution is -0.0815. The number of ether oxygens (including phenoxy) is 2. The zero-order valence-electron chi connectivity index (χ0n) is 10.2. The fraction of sp³-hybridized carbons (Fsp3) is 1.00. The second-order valence-electron chi connectivity index (χ2n) is 5.21. The van der Waals surface area contributed by atoms with Crippen LogP contribution >= 0.6 is 0 Å². The lowest BCUT2D eigenvalue weighted by atomic mass is 9.82. The van der Waals surface area contributed by atoms with Crippen molar-refractivity contribution >= 4 is 0 Å². The number of hydrogen-bond acceptors (Lipinski definition) is 4. The highest BCUT2D eigenvalue weighted by atomic mass is 16.5. The van der Waals surface area contributed by atoms with Crippen LogP contribution in [0.3, 0.4) is 0 Å². The molecule has 0 saturated carbocycles. The largest absolute Gasteiger partial charge is 0.396 e. The van der Waals surface area contributed by atoms with E-state index < -0.39 is 0 Å².